The lowest BCUT2D eigenvalue weighted by atomic mass is 9.88. The average molecular weight is 325 g/mol. The molecule has 0 bridgehead atoms. The van der Waals surface area contributed by atoms with Gasteiger partial charge in [0.2, 0.25) is 5.91 Å². The van der Waals surface area contributed by atoms with Gasteiger partial charge in [-0.3, -0.25) is 4.79 Å². The zero-order valence-corrected chi connectivity index (χ0v) is 12.8. The number of aliphatic hydroxyl groups is 4. The van der Waals surface area contributed by atoms with E-state index in [9.17, 15) is 20.1 Å². The molecule has 2 heterocycles. The Hall–Kier alpha value is -1.12. The normalized spacial score (nSPS) is 35.8. The number of carbonyl (C=O) groups is 1. The number of anilines is 1. The fourth-order valence-electron chi connectivity index (χ4n) is 3.03. The molecule has 7 heteroatoms. The highest BCUT2D eigenvalue weighted by molar-refractivity contribution is 8.01. The molecule has 6 atom stereocenters. The van der Waals surface area contributed by atoms with Crippen LogP contribution in [0.15, 0.2) is 24.3 Å². The maximum absolute atomic E-state index is 12.4. The van der Waals surface area contributed by atoms with Crippen molar-refractivity contribution in [1.29, 1.82) is 0 Å². The van der Waals surface area contributed by atoms with Crippen molar-refractivity contribution in [1.82, 2.24) is 0 Å². The summed E-state index contributed by atoms with van der Waals surface area (Å²) in [5.74, 6) is -0.153. The van der Waals surface area contributed by atoms with Crippen LogP contribution in [0.2, 0.25) is 0 Å². The summed E-state index contributed by atoms with van der Waals surface area (Å²) in [5, 5.41) is 38.0. The van der Waals surface area contributed by atoms with Crippen LogP contribution in [0.25, 0.3) is 0 Å². The standard InChI is InChI=1S/C15H19NO5S/c1-7-2-4-8(5-3-7)16-10-11(19)12(20)13(9(18)6-17)22-14(10)15(16)21/h2-5,9-14,17-20H,6H2,1H3/t9-,10-,11+,12-,13+,14+/m0/s1. The Morgan fingerprint density at radius 2 is 1.86 bits per heavy atom. The first-order valence-electron chi connectivity index (χ1n) is 7.16. The van der Waals surface area contributed by atoms with Gasteiger partial charge in [-0.25, -0.2) is 0 Å². The predicted octanol–water partition coefficient (Wildman–Crippen LogP) is -0.731. The van der Waals surface area contributed by atoms with E-state index in [1.807, 2.05) is 31.2 Å². The molecule has 2 fully saturated rings. The van der Waals surface area contributed by atoms with E-state index in [1.54, 1.807) is 0 Å². The zero-order valence-electron chi connectivity index (χ0n) is 12.0. The van der Waals surface area contributed by atoms with E-state index < -0.39 is 41.5 Å². The zero-order chi connectivity index (χ0) is 16.0. The number of fused-ring (bicyclic) bond motifs is 1. The van der Waals surface area contributed by atoms with Crippen molar-refractivity contribution in [3.05, 3.63) is 29.8 Å². The second-order valence-electron chi connectivity index (χ2n) is 5.79. The number of nitrogens with zero attached hydrogens (tertiary/aromatic N) is 1. The molecule has 0 unspecified atom stereocenters. The molecule has 2 aliphatic heterocycles. The van der Waals surface area contributed by atoms with E-state index in [-0.39, 0.29) is 5.91 Å². The smallest absolute Gasteiger partial charge is 0.242 e. The van der Waals surface area contributed by atoms with Gasteiger partial charge in [0.15, 0.2) is 0 Å². The van der Waals surface area contributed by atoms with Crippen molar-refractivity contribution in [3.63, 3.8) is 0 Å². The molecule has 22 heavy (non-hydrogen) atoms. The van der Waals surface area contributed by atoms with Gasteiger partial charge in [0.05, 0.1) is 30.1 Å². The van der Waals surface area contributed by atoms with Crippen LogP contribution >= 0.6 is 11.8 Å². The lowest BCUT2D eigenvalue weighted by Crippen LogP contribution is -2.74. The molecule has 1 aromatic rings. The van der Waals surface area contributed by atoms with Gasteiger partial charge in [0.1, 0.15) is 11.4 Å². The molecule has 1 amide bonds. The predicted molar refractivity (Wildman–Crippen MR) is 82.7 cm³/mol. The van der Waals surface area contributed by atoms with Gasteiger partial charge >= 0.3 is 0 Å². The summed E-state index contributed by atoms with van der Waals surface area (Å²) in [5.41, 5.74) is 1.75. The van der Waals surface area contributed by atoms with Crippen molar-refractivity contribution in [2.75, 3.05) is 11.5 Å². The number of aliphatic hydroxyl groups excluding tert-OH is 4. The van der Waals surface area contributed by atoms with Gasteiger partial charge in [-0.15, -0.1) is 11.8 Å². The summed E-state index contributed by atoms with van der Waals surface area (Å²) >= 11 is 1.12. The first kappa shape index (κ1) is 15.8. The monoisotopic (exact) mass is 325 g/mol. The lowest BCUT2D eigenvalue weighted by molar-refractivity contribution is -0.129. The van der Waals surface area contributed by atoms with Crippen LogP contribution < -0.4 is 4.90 Å². The maximum atomic E-state index is 12.4. The number of benzene rings is 1. The van der Waals surface area contributed by atoms with Gasteiger partial charge in [-0.05, 0) is 19.1 Å². The maximum Gasteiger partial charge on any atom is 0.242 e. The summed E-state index contributed by atoms with van der Waals surface area (Å²) in [4.78, 5) is 13.9. The molecule has 3 rings (SSSR count). The van der Waals surface area contributed by atoms with Crippen LogP contribution in [0.4, 0.5) is 5.69 Å². The van der Waals surface area contributed by atoms with E-state index >= 15 is 0 Å². The molecule has 0 aromatic heterocycles. The lowest BCUT2D eigenvalue weighted by Gasteiger charge is -2.54. The molecule has 4 N–H and O–H groups in total. The number of β-lactam (4-membered cyclic amide) rings is 1. The number of hydrogen-bond donors (Lipinski definition) is 4. The third-order valence-corrected chi connectivity index (χ3v) is 5.99. The Morgan fingerprint density at radius 3 is 2.45 bits per heavy atom. The van der Waals surface area contributed by atoms with Gasteiger partial charge < -0.3 is 25.3 Å². The summed E-state index contributed by atoms with van der Waals surface area (Å²) in [6.07, 6.45) is -3.53. The number of carbonyl (C=O) groups excluding carboxylic acids is 1. The molecule has 120 valence electrons. The van der Waals surface area contributed by atoms with Crippen LogP contribution in [0, 0.1) is 6.92 Å². The first-order valence-corrected chi connectivity index (χ1v) is 8.10. The molecule has 0 saturated carbocycles. The quantitative estimate of drug-likeness (QED) is 0.547. The van der Waals surface area contributed by atoms with E-state index in [0.29, 0.717) is 5.69 Å². The third kappa shape index (κ3) is 2.33. The second kappa shape index (κ2) is 5.82. The minimum absolute atomic E-state index is 0.153. The average Bonchev–Trinajstić information content (AvgIpc) is 2.52. The van der Waals surface area contributed by atoms with Gasteiger partial charge in [-0.2, -0.15) is 0 Å². The summed E-state index contributed by atoms with van der Waals surface area (Å²) in [6.45, 7) is 1.43. The van der Waals surface area contributed by atoms with E-state index in [0.717, 1.165) is 17.3 Å². The Labute approximate surface area is 132 Å². The Bertz CT molecular complexity index is 566. The highest BCUT2D eigenvalue weighted by Crippen LogP contribution is 2.45. The van der Waals surface area contributed by atoms with Crippen molar-refractivity contribution < 1.29 is 25.2 Å². The first-order chi connectivity index (χ1) is 10.5. The van der Waals surface area contributed by atoms with Crippen LogP contribution in [0.3, 0.4) is 0 Å². The van der Waals surface area contributed by atoms with E-state index in [4.69, 9.17) is 5.11 Å². The molecule has 1 aromatic carbocycles. The van der Waals surface area contributed by atoms with Crippen LogP contribution in [-0.2, 0) is 4.79 Å². The fourth-order valence-corrected chi connectivity index (χ4v) is 4.63. The van der Waals surface area contributed by atoms with Crippen LogP contribution in [-0.4, -0.2) is 67.8 Å². The molecular weight excluding hydrogens is 306 g/mol. The van der Waals surface area contributed by atoms with Gasteiger partial charge in [-0.1, -0.05) is 17.7 Å². The number of rotatable bonds is 3. The highest BCUT2D eigenvalue weighted by Gasteiger charge is 2.59. The van der Waals surface area contributed by atoms with E-state index in [2.05, 4.69) is 0 Å². The Balaban J connectivity index is 1.83. The van der Waals surface area contributed by atoms with Gasteiger partial charge in [0, 0.05) is 5.69 Å². The second-order valence-corrected chi connectivity index (χ2v) is 7.11. The van der Waals surface area contributed by atoms with Crippen LogP contribution in [0.1, 0.15) is 5.56 Å². The largest absolute Gasteiger partial charge is 0.394 e. The number of aryl methyl sites for hydroxylation is 1. The molecule has 0 radical (unpaired) electrons. The van der Waals surface area contributed by atoms with Crippen LogP contribution in [0.5, 0.6) is 0 Å². The molecule has 0 aliphatic carbocycles. The minimum atomic E-state index is -1.20. The minimum Gasteiger partial charge on any atom is -0.394 e. The summed E-state index contributed by atoms with van der Waals surface area (Å²) < 4.78 is 0. The van der Waals surface area contributed by atoms with Crippen molar-refractivity contribution >= 4 is 23.4 Å². The molecule has 0 spiro atoms. The van der Waals surface area contributed by atoms with E-state index in [1.165, 1.54) is 4.90 Å². The van der Waals surface area contributed by atoms with Gasteiger partial charge in [0.25, 0.3) is 0 Å². The summed E-state index contributed by atoms with van der Waals surface area (Å²) in [6, 6.07) is 6.86. The van der Waals surface area contributed by atoms with Crippen molar-refractivity contribution in [2.24, 2.45) is 0 Å². The number of amides is 1. The SMILES string of the molecule is Cc1ccc(N2C(=O)[C@@H]3S[C@H]([C@@H](O)CO)[C@@H](O)[C@H](O)[C@@H]32)cc1. The molecule has 6 nitrogen and oxygen atoms in total. The Morgan fingerprint density at radius 1 is 1.23 bits per heavy atom. The fraction of sp³-hybridized carbons (Fsp3) is 0.533. The third-order valence-electron chi connectivity index (χ3n) is 4.31. The molecule has 2 aliphatic rings. The number of thioether (sulfide) groups is 1. The topological polar surface area (TPSA) is 101 Å². The highest BCUT2D eigenvalue weighted by atomic mass is 32.2. The molecule has 2 saturated heterocycles. The molecular formula is C15H19NO5S. The van der Waals surface area contributed by atoms with Crippen molar-refractivity contribution in [3.8, 4) is 0 Å². The van der Waals surface area contributed by atoms with Crippen molar-refractivity contribution in [2.45, 2.75) is 41.8 Å². The number of hydrogen-bond acceptors (Lipinski definition) is 6. The Kier molecular flexibility index (Phi) is 4.17. The summed E-state index contributed by atoms with van der Waals surface area (Å²) in [7, 11) is 0.